The molecule has 0 N–H and O–H groups in total. The molecule has 1 unspecified atom stereocenters. The van der Waals surface area contributed by atoms with Gasteiger partial charge >= 0.3 is 17.9 Å². The van der Waals surface area contributed by atoms with Crippen molar-refractivity contribution in [2.75, 3.05) is 13.2 Å². The van der Waals surface area contributed by atoms with Crippen LogP contribution in [0.3, 0.4) is 0 Å². The van der Waals surface area contributed by atoms with Gasteiger partial charge in [-0.3, -0.25) is 14.4 Å². The Hall–Kier alpha value is -1.85. The molecule has 0 spiro atoms. The molecular weight excluding hydrogens is 1020 g/mol. The molecule has 0 radical (unpaired) electrons. The molecular formula is C77H148O6. The summed E-state index contributed by atoms with van der Waals surface area (Å²) in [6, 6.07) is 0. The van der Waals surface area contributed by atoms with E-state index in [1.165, 1.54) is 340 Å². The molecule has 0 fully saturated rings. The van der Waals surface area contributed by atoms with E-state index in [9.17, 15) is 14.4 Å². The molecule has 0 bridgehead atoms. The molecule has 0 heterocycles. The van der Waals surface area contributed by atoms with Gasteiger partial charge < -0.3 is 14.2 Å². The van der Waals surface area contributed by atoms with Gasteiger partial charge in [-0.1, -0.05) is 392 Å². The van der Waals surface area contributed by atoms with E-state index in [1.54, 1.807) is 0 Å². The topological polar surface area (TPSA) is 78.9 Å². The third-order valence-corrected chi connectivity index (χ3v) is 17.8. The van der Waals surface area contributed by atoms with E-state index in [4.69, 9.17) is 14.2 Å². The number of carbonyl (C=O) groups excluding carboxylic acids is 3. The number of carbonyl (C=O) groups is 3. The van der Waals surface area contributed by atoms with E-state index in [0.29, 0.717) is 19.3 Å². The number of hydrogen-bond acceptors (Lipinski definition) is 6. The standard InChI is InChI=1S/C77H148O6/c1-4-7-10-13-16-19-22-25-27-29-31-32-33-34-35-36-37-38-39-40-41-42-43-44-45-46-48-49-52-55-58-61-64-67-70-76(79)82-73-74(72-81-75(78)69-66-63-60-57-54-51-24-21-18-15-12-9-6-3)83-77(80)71-68-65-62-59-56-53-50-47-30-28-26-23-20-17-14-11-8-5-2/h21,24,74H,4-20,22-23,25-73H2,1-3H3/b24-21-. The van der Waals surface area contributed by atoms with Gasteiger partial charge in [0.25, 0.3) is 0 Å². The quantitative estimate of drug-likeness (QED) is 0.0261. The Morgan fingerprint density at radius 1 is 0.229 bits per heavy atom. The maximum absolute atomic E-state index is 12.9. The number of unbranched alkanes of at least 4 members (excludes halogenated alkanes) is 59. The lowest BCUT2D eigenvalue weighted by atomic mass is 10.0. The third-order valence-electron chi connectivity index (χ3n) is 17.8. The van der Waals surface area contributed by atoms with E-state index >= 15 is 0 Å². The molecule has 6 heteroatoms. The van der Waals surface area contributed by atoms with E-state index in [1.807, 2.05) is 0 Å². The zero-order chi connectivity index (χ0) is 59.9. The lowest BCUT2D eigenvalue weighted by Crippen LogP contribution is -2.30. The van der Waals surface area contributed by atoms with Crippen molar-refractivity contribution >= 4 is 17.9 Å². The van der Waals surface area contributed by atoms with Crippen LogP contribution in [-0.4, -0.2) is 37.2 Å². The van der Waals surface area contributed by atoms with Crippen LogP contribution in [0.5, 0.6) is 0 Å². The highest BCUT2D eigenvalue weighted by Crippen LogP contribution is 2.20. The normalized spacial score (nSPS) is 12.0. The van der Waals surface area contributed by atoms with Crippen LogP contribution in [0.25, 0.3) is 0 Å². The van der Waals surface area contributed by atoms with Gasteiger partial charge in [0, 0.05) is 19.3 Å². The SMILES string of the molecule is CCCCCC/C=C\CCCCCCCC(=O)OCC(COC(=O)CCCCCCCCCCCCCCCCCCCCCCCCCCCCCCCCCCCC)OC(=O)CCCCCCCCCCCCCCCCCCCC. The summed E-state index contributed by atoms with van der Waals surface area (Å²) < 4.78 is 17.0. The molecule has 0 amide bonds. The zero-order valence-electron chi connectivity index (χ0n) is 56.8. The van der Waals surface area contributed by atoms with Gasteiger partial charge in [0.05, 0.1) is 0 Å². The Kier molecular flexibility index (Phi) is 71.0. The zero-order valence-corrected chi connectivity index (χ0v) is 56.8. The molecule has 6 nitrogen and oxygen atoms in total. The predicted molar refractivity (Wildman–Crippen MR) is 363 cm³/mol. The highest BCUT2D eigenvalue weighted by atomic mass is 16.6. The lowest BCUT2D eigenvalue weighted by molar-refractivity contribution is -0.167. The smallest absolute Gasteiger partial charge is 0.306 e. The summed E-state index contributed by atoms with van der Waals surface area (Å²) in [6.07, 6.45) is 88.5. The minimum absolute atomic E-state index is 0.0656. The van der Waals surface area contributed by atoms with Crippen LogP contribution in [0.4, 0.5) is 0 Å². The molecule has 1 atom stereocenters. The number of ether oxygens (including phenoxy) is 3. The minimum atomic E-state index is -0.770. The second-order valence-corrected chi connectivity index (χ2v) is 26.3. The Labute approximate surface area is 520 Å². The number of esters is 3. The van der Waals surface area contributed by atoms with Crippen molar-refractivity contribution in [1.29, 1.82) is 0 Å². The first-order valence-electron chi connectivity index (χ1n) is 38.2. The van der Waals surface area contributed by atoms with Crippen molar-refractivity contribution in [1.82, 2.24) is 0 Å². The van der Waals surface area contributed by atoms with Crippen LogP contribution in [0.15, 0.2) is 12.2 Å². The fraction of sp³-hybridized carbons (Fsp3) is 0.935. The average molecular weight is 1170 g/mol. The number of allylic oxidation sites excluding steroid dienone is 2. The van der Waals surface area contributed by atoms with Gasteiger partial charge in [0.15, 0.2) is 6.10 Å². The maximum Gasteiger partial charge on any atom is 0.306 e. The Morgan fingerprint density at radius 3 is 0.614 bits per heavy atom. The molecule has 0 saturated carbocycles. The highest BCUT2D eigenvalue weighted by molar-refractivity contribution is 5.71. The van der Waals surface area contributed by atoms with Gasteiger partial charge in [-0.15, -0.1) is 0 Å². The van der Waals surface area contributed by atoms with E-state index in [0.717, 1.165) is 64.2 Å². The molecule has 0 aromatic rings. The fourth-order valence-corrected chi connectivity index (χ4v) is 12.0. The van der Waals surface area contributed by atoms with E-state index in [-0.39, 0.29) is 31.1 Å². The minimum Gasteiger partial charge on any atom is -0.462 e. The molecule has 0 aliphatic heterocycles. The van der Waals surface area contributed by atoms with Crippen molar-refractivity contribution in [3.05, 3.63) is 12.2 Å². The van der Waals surface area contributed by atoms with Crippen LogP contribution in [0.1, 0.15) is 445 Å². The monoisotopic (exact) mass is 1170 g/mol. The largest absolute Gasteiger partial charge is 0.462 e. The first-order valence-corrected chi connectivity index (χ1v) is 38.2. The molecule has 83 heavy (non-hydrogen) atoms. The Balaban J connectivity index is 4.06. The highest BCUT2D eigenvalue weighted by Gasteiger charge is 2.20. The third kappa shape index (κ3) is 70.8. The van der Waals surface area contributed by atoms with E-state index in [2.05, 4.69) is 32.9 Å². The first-order chi connectivity index (χ1) is 41.0. The van der Waals surface area contributed by atoms with Crippen molar-refractivity contribution in [3.8, 4) is 0 Å². The summed E-state index contributed by atoms with van der Waals surface area (Å²) in [5, 5.41) is 0. The van der Waals surface area contributed by atoms with Crippen LogP contribution in [0.2, 0.25) is 0 Å². The maximum atomic E-state index is 12.9. The number of hydrogen-bond donors (Lipinski definition) is 0. The molecule has 0 aliphatic rings. The summed E-state index contributed by atoms with van der Waals surface area (Å²) in [6.45, 7) is 6.71. The Morgan fingerprint density at radius 2 is 0.398 bits per heavy atom. The summed E-state index contributed by atoms with van der Waals surface area (Å²) in [4.78, 5) is 38.4. The molecule has 0 rings (SSSR count). The predicted octanol–water partition coefficient (Wildman–Crippen LogP) is 26.3. The van der Waals surface area contributed by atoms with Gasteiger partial charge in [0.1, 0.15) is 13.2 Å². The first kappa shape index (κ1) is 81.2. The van der Waals surface area contributed by atoms with Crippen molar-refractivity contribution in [2.24, 2.45) is 0 Å². The molecule has 0 aromatic carbocycles. The van der Waals surface area contributed by atoms with Crippen molar-refractivity contribution in [2.45, 2.75) is 451 Å². The summed E-state index contributed by atoms with van der Waals surface area (Å²) in [5.74, 6) is -0.839. The average Bonchev–Trinajstić information content (AvgIpc) is 3.50. The van der Waals surface area contributed by atoms with Crippen LogP contribution < -0.4 is 0 Å². The molecule has 0 aliphatic carbocycles. The van der Waals surface area contributed by atoms with Crippen LogP contribution in [-0.2, 0) is 28.6 Å². The van der Waals surface area contributed by atoms with Gasteiger partial charge in [-0.05, 0) is 44.9 Å². The summed E-state index contributed by atoms with van der Waals surface area (Å²) in [7, 11) is 0. The molecule has 492 valence electrons. The Bertz CT molecular complexity index is 1300. The van der Waals surface area contributed by atoms with Crippen LogP contribution >= 0.6 is 0 Å². The fourth-order valence-electron chi connectivity index (χ4n) is 12.0. The second kappa shape index (κ2) is 72.6. The van der Waals surface area contributed by atoms with Crippen LogP contribution in [0, 0.1) is 0 Å². The van der Waals surface area contributed by atoms with Gasteiger partial charge in [-0.25, -0.2) is 0 Å². The molecule has 0 aromatic heterocycles. The van der Waals surface area contributed by atoms with Gasteiger partial charge in [-0.2, -0.15) is 0 Å². The van der Waals surface area contributed by atoms with E-state index < -0.39 is 6.10 Å². The van der Waals surface area contributed by atoms with Crippen molar-refractivity contribution in [3.63, 3.8) is 0 Å². The summed E-state index contributed by atoms with van der Waals surface area (Å²) >= 11 is 0. The van der Waals surface area contributed by atoms with Crippen molar-refractivity contribution < 1.29 is 28.6 Å². The lowest BCUT2D eigenvalue weighted by Gasteiger charge is -2.18. The molecule has 0 saturated heterocycles. The summed E-state index contributed by atoms with van der Waals surface area (Å²) in [5.41, 5.74) is 0. The second-order valence-electron chi connectivity index (χ2n) is 26.3. The number of rotatable bonds is 72. The van der Waals surface area contributed by atoms with Gasteiger partial charge in [0.2, 0.25) is 0 Å².